The van der Waals surface area contributed by atoms with E-state index in [1.807, 2.05) is 0 Å². The topological polar surface area (TPSA) is 18.5 Å². The van der Waals surface area contributed by atoms with Crippen molar-refractivity contribution in [2.45, 2.75) is 26.7 Å². The molecule has 0 aliphatic heterocycles. The van der Waals surface area contributed by atoms with Crippen LogP contribution in [0, 0.1) is 5.92 Å². The summed E-state index contributed by atoms with van der Waals surface area (Å²) < 4.78 is 10.8. The molecule has 0 saturated carbocycles. The Morgan fingerprint density at radius 2 is 1.80 bits per heavy atom. The average Bonchev–Trinajstić information content (AvgIpc) is 2.25. The number of hydrogen-bond acceptors (Lipinski definition) is 2. The predicted molar refractivity (Wildman–Crippen MR) is 62.3 cm³/mol. The first-order valence-electron chi connectivity index (χ1n) is 5.30. The minimum absolute atomic E-state index is 0.253. The van der Waals surface area contributed by atoms with Gasteiger partial charge in [-0.15, -0.1) is 0 Å². The van der Waals surface area contributed by atoms with Crippen molar-refractivity contribution in [3.8, 4) is 0 Å². The van der Waals surface area contributed by atoms with Crippen molar-refractivity contribution in [3.05, 3.63) is 35.3 Å². The molecule has 0 heterocycles. The monoisotopic (exact) mass is 208 g/mol. The number of methoxy groups -OCH3 is 2. The quantitative estimate of drug-likeness (QED) is 0.659. The lowest BCUT2D eigenvalue weighted by atomic mass is 9.94. The fourth-order valence-electron chi connectivity index (χ4n) is 1.75. The molecule has 1 aliphatic rings. The Morgan fingerprint density at radius 1 is 1.27 bits per heavy atom. The molecule has 0 spiro atoms. The normalized spacial score (nSPS) is 16.5. The smallest absolute Gasteiger partial charge is 0.103 e. The Bertz CT molecular complexity index is 274. The van der Waals surface area contributed by atoms with E-state index in [0.29, 0.717) is 0 Å². The van der Waals surface area contributed by atoms with Crippen molar-refractivity contribution in [3.63, 3.8) is 0 Å². The summed E-state index contributed by atoms with van der Waals surface area (Å²) in [6.07, 6.45) is 8.30. The average molecular weight is 208 g/mol. The van der Waals surface area contributed by atoms with Gasteiger partial charge in [0.15, 0.2) is 0 Å². The summed E-state index contributed by atoms with van der Waals surface area (Å²) in [7, 11) is 3.44. The van der Waals surface area contributed by atoms with Crippen LogP contribution in [0.2, 0.25) is 0 Å². The number of ether oxygens (including phenoxy) is 2. The molecule has 0 saturated heterocycles. The summed E-state index contributed by atoms with van der Waals surface area (Å²) in [5.74, 6) is 2.29. The lowest BCUT2D eigenvalue weighted by molar-refractivity contribution is 0.189. The minimum atomic E-state index is 0.253. The maximum Gasteiger partial charge on any atom is 0.103 e. The van der Waals surface area contributed by atoms with E-state index in [4.69, 9.17) is 9.47 Å². The highest BCUT2D eigenvalue weighted by Crippen LogP contribution is 2.30. The van der Waals surface area contributed by atoms with Crippen molar-refractivity contribution in [2.24, 2.45) is 5.92 Å². The van der Waals surface area contributed by atoms with E-state index >= 15 is 0 Å². The molecule has 0 unspecified atom stereocenters. The Labute approximate surface area is 92.3 Å². The predicted octanol–water partition coefficient (Wildman–Crippen LogP) is 3.42. The summed E-state index contributed by atoms with van der Waals surface area (Å²) in [6, 6.07) is 0. The van der Waals surface area contributed by atoms with Crippen LogP contribution in [0.5, 0.6) is 0 Å². The number of allylic oxidation sites excluding steroid dienone is 4. The molecule has 0 aromatic heterocycles. The van der Waals surface area contributed by atoms with Gasteiger partial charge in [-0.2, -0.15) is 0 Å². The summed E-state index contributed by atoms with van der Waals surface area (Å²) in [5, 5.41) is 0. The van der Waals surface area contributed by atoms with Gasteiger partial charge in [-0.25, -0.2) is 0 Å². The fourth-order valence-corrected chi connectivity index (χ4v) is 1.75. The largest absolute Gasteiger partial charge is 0.501 e. The van der Waals surface area contributed by atoms with E-state index in [-0.39, 0.29) is 5.92 Å². The molecule has 2 nitrogen and oxygen atoms in total. The fraction of sp³-hybridized carbons (Fsp3) is 0.538. The van der Waals surface area contributed by atoms with E-state index in [0.717, 1.165) is 24.4 Å². The van der Waals surface area contributed by atoms with Crippen LogP contribution in [0.25, 0.3) is 0 Å². The Hall–Kier alpha value is -1.18. The molecule has 0 aromatic rings. The highest BCUT2D eigenvalue weighted by atomic mass is 16.5. The molecule has 0 amide bonds. The number of rotatable bonds is 4. The van der Waals surface area contributed by atoms with Crippen molar-refractivity contribution < 1.29 is 9.47 Å². The summed E-state index contributed by atoms with van der Waals surface area (Å²) in [5.41, 5.74) is 1.33. The standard InChI is InChI=1S/C13H20O2/c1-10(2)8-9-11-12(14-3)6-5-7-13(11)15-4/h6-8,11H,5,9H2,1-4H3. The molecule has 1 aliphatic carbocycles. The maximum absolute atomic E-state index is 5.38. The third kappa shape index (κ3) is 3.15. The van der Waals surface area contributed by atoms with Crippen molar-refractivity contribution >= 4 is 0 Å². The second-order valence-corrected chi connectivity index (χ2v) is 3.93. The van der Waals surface area contributed by atoms with Crippen molar-refractivity contribution in [1.82, 2.24) is 0 Å². The molecule has 0 atom stereocenters. The molecule has 1 rings (SSSR count). The molecule has 0 radical (unpaired) electrons. The van der Waals surface area contributed by atoms with Crippen LogP contribution in [0.3, 0.4) is 0 Å². The Morgan fingerprint density at radius 3 is 2.20 bits per heavy atom. The van der Waals surface area contributed by atoms with E-state index in [2.05, 4.69) is 32.1 Å². The van der Waals surface area contributed by atoms with E-state index < -0.39 is 0 Å². The first-order valence-corrected chi connectivity index (χ1v) is 5.30. The molecular formula is C13H20O2. The molecule has 84 valence electrons. The van der Waals surface area contributed by atoms with Gasteiger partial charge in [0.1, 0.15) is 11.5 Å². The molecule has 0 bridgehead atoms. The van der Waals surface area contributed by atoms with Gasteiger partial charge in [0.2, 0.25) is 0 Å². The Kier molecular flexibility index (Phi) is 4.47. The van der Waals surface area contributed by atoms with E-state index in [9.17, 15) is 0 Å². The van der Waals surface area contributed by atoms with Gasteiger partial charge in [-0.1, -0.05) is 11.6 Å². The van der Waals surface area contributed by atoms with Gasteiger partial charge in [-0.3, -0.25) is 0 Å². The lowest BCUT2D eigenvalue weighted by Gasteiger charge is -2.23. The summed E-state index contributed by atoms with van der Waals surface area (Å²) in [6.45, 7) is 4.21. The van der Waals surface area contributed by atoms with Crippen molar-refractivity contribution in [2.75, 3.05) is 14.2 Å². The molecule has 15 heavy (non-hydrogen) atoms. The zero-order valence-electron chi connectivity index (χ0n) is 10.0. The minimum Gasteiger partial charge on any atom is -0.501 e. The van der Waals surface area contributed by atoms with Crippen LogP contribution >= 0.6 is 0 Å². The van der Waals surface area contributed by atoms with E-state index in [1.165, 1.54) is 5.57 Å². The van der Waals surface area contributed by atoms with Crippen LogP contribution in [0.4, 0.5) is 0 Å². The molecule has 0 fully saturated rings. The molecule has 2 heteroatoms. The van der Waals surface area contributed by atoms with Crippen LogP contribution in [-0.4, -0.2) is 14.2 Å². The second-order valence-electron chi connectivity index (χ2n) is 3.93. The van der Waals surface area contributed by atoms with Crippen LogP contribution in [0.1, 0.15) is 26.7 Å². The molecular weight excluding hydrogens is 188 g/mol. The molecule has 0 N–H and O–H groups in total. The summed E-state index contributed by atoms with van der Waals surface area (Å²) in [4.78, 5) is 0. The zero-order chi connectivity index (χ0) is 11.3. The first kappa shape index (κ1) is 11.9. The third-order valence-corrected chi connectivity index (χ3v) is 2.56. The molecule has 0 aromatic carbocycles. The van der Waals surface area contributed by atoms with Crippen LogP contribution in [0.15, 0.2) is 35.3 Å². The van der Waals surface area contributed by atoms with Gasteiger partial charge < -0.3 is 9.47 Å². The van der Waals surface area contributed by atoms with Gasteiger partial charge in [0.05, 0.1) is 20.1 Å². The van der Waals surface area contributed by atoms with E-state index in [1.54, 1.807) is 14.2 Å². The van der Waals surface area contributed by atoms with Gasteiger partial charge in [0, 0.05) is 0 Å². The van der Waals surface area contributed by atoms with Crippen molar-refractivity contribution in [1.29, 1.82) is 0 Å². The Balaban J connectivity index is 2.77. The van der Waals surface area contributed by atoms with Gasteiger partial charge in [-0.05, 0) is 38.8 Å². The van der Waals surface area contributed by atoms with Crippen LogP contribution in [-0.2, 0) is 9.47 Å². The summed E-state index contributed by atoms with van der Waals surface area (Å²) >= 11 is 0. The van der Waals surface area contributed by atoms with Gasteiger partial charge in [0.25, 0.3) is 0 Å². The lowest BCUT2D eigenvalue weighted by Crippen LogP contribution is -2.13. The van der Waals surface area contributed by atoms with Gasteiger partial charge >= 0.3 is 0 Å². The highest BCUT2D eigenvalue weighted by molar-refractivity contribution is 5.21. The van der Waals surface area contributed by atoms with Crippen LogP contribution < -0.4 is 0 Å². The zero-order valence-corrected chi connectivity index (χ0v) is 10.0. The third-order valence-electron chi connectivity index (χ3n) is 2.56. The number of hydrogen-bond donors (Lipinski definition) is 0. The highest BCUT2D eigenvalue weighted by Gasteiger charge is 2.22. The second kappa shape index (κ2) is 5.64. The maximum atomic E-state index is 5.38. The first-order chi connectivity index (χ1) is 7.19. The SMILES string of the molecule is COC1=CCC=C(OC)C1CC=C(C)C.